The Balaban J connectivity index is 1.31. The van der Waals surface area contributed by atoms with E-state index in [0.717, 1.165) is 22.7 Å². The number of amidine groups is 1. The Kier molecular flexibility index (Phi) is 8.63. The third-order valence-corrected chi connectivity index (χ3v) is 7.11. The van der Waals surface area contributed by atoms with Crippen molar-refractivity contribution in [2.45, 2.75) is 19.5 Å². The first kappa shape index (κ1) is 30.2. The number of nitrogens with one attached hydrogen (secondary N) is 1. The lowest BCUT2D eigenvalue weighted by Crippen LogP contribution is -2.31. The first-order chi connectivity index (χ1) is 21.0. The first-order valence-electron chi connectivity index (χ1n) is 12.9. The fourth-order valence-electron chi connectivity index (χ4n) is 4.08. The highest BCUT2D eigenvalue weighted by molar-refractivity contribution is 8.15. The number of thioether (sulfide) groups is 1. The van der Waals surface area contributed by atoms with E-state index < -0.39 is 37.0 Å². The maximum absolute atomic E-state index is 15.0. The summed E-state index contributed by atoms with van der Waals surface area (Å²) < 4.78 is 59.7. The molecule has 2 heterocycles. The summed E-state index contributed by atoms with van der Waals surface area (Å²) in [6.07, 6.45) is -4.17. The van der Waals surface area contributed by atoms with Crippen molar-refractivity contribution < 1.29 is 31.9 Å². The number of anilines is 2. The van der Waals surface area contributed by atoms with Crippen molar-refractivity contribution in [3.05, 3.63) is 83.9 Å². The van der Waals surface area contributed by atoms with E-state index >= 15 is 4.39 Å². The SMILES string of the molecule is Cc1ccc(OCCC(F)(F)F)c(N2C(=O)CS/C2=N\C(=O)Nc2ccc(-c3ncn(-c4ccc(C#N)cc4)n3)cc2F)c1. The van der Waals surface area contributed by atoms with Crippen LogP contribution in [-0.2, 0) is 4.79 Å². The first-order valence-corrected chi connectivity index (χ1v) is 13.9. The average Bonchev–Trinajstić information content (AvgIpc) is 3.61. The molecule has 0 saturated carbocycles. The molecule has 1 fully saturated rings. The number of aryl methyl sites for hydroxylation is 1. The fourth-order valence-corrected chi connectivity index (χ4v) is 4.94. The predicted octanol–water partition coefficient (Wildman–Crippen LogP) is 6.25. The van der Waals surface area contributed by atoms with Crippen LogP contribution in [0.5, 0.6) is 5.75 Å². The standard InChI is InChI=1S/C29H21F4N7O3S/c1-17-2-9-24(43-11-10-29(31,32)33)23(12-17)40-25(41)15-44-28(40)37-27(42)36-22-8-5-19(13-21(22)30)26-35-16-39(38-26)20-6-3-18(14-34)4-7-20/h2-9,12-13,16H,10-11,15H2,1H3,(H,36,42)/b37-28-. The van der Waals surface area contributed by atoms with Crippen LogP contribution in [0.4, 0.5) is 33.7 Å². The smallest absolute Gasteiger partial charge is 0.392 e. The van der Waals surface area contributed by atoms with Gasteiger partial charge in [0, 0.05) is 5.56 Å². The molecule has 1 aliphatic rings. The van der Waals surface area contributed by atoms with Crippen LogP contribution < -0.4 is 15.0 Å². The Morgan fingerprint density at radius 3 is 2.64 bits per heavy atom. The van der Waals surface area contributed by atoms with Crippen molar-refractivity contribution >= 4 is 40.2 Å². The molecule has 3 amide bonds. The topological polar surface area (TPSA) is 125 Å². The Labute approximate surface area is 252 Å². The lowest BCUT2D eigenvalue weighted by atomic mass is 10.2. The molecule has 10 nitrogen and oxygen atoms in total. The van der Waals surface area contributed by atoms with Crippen LogP contribution in [-0.4, -0.2) is 50.4 Å². The summed E-state index contributed by atoms with van der Waals surface area (Å²) in [6.45, 7) is 1.06. The molecule has 1 saturated heterocycles. The number of urea groups is 1. The molecule has 4 aromatic rings. The molecule has 44 heavy (non-hydrogen) atoms. The number of ether oxygens (including phenoxy) is 1. The summed E-state index contributed by atoms with van der Waals surface area (Å²) in [5.74, 6) is -1.10. The summed E-state index contributed by atoms with van der Waals surface area (Å²) in [6, 6.07) is 16.2. The molecule has 15 heteroatoms. The maximum Gasteiger partial charge on any atom is 0.392 e. The second-order valence-corrected chi connectivity index (χ2v) is 10.3. The Morgan fingerprint density at radius 2 is 1.93 bits per heavy atom. The molecular formula is C29H21F4N7O3S. The van der Waals surface area contributed by atoms with Crippen LogP contribution in [0.3, 0.4) is 0 Å². The number of nitrogens with zero attached hydrogens (tertiary/aromatic N) is 6. The molecule has 0 spiro atoms. The van der Waals surface area contributed by atoms with Gasteiger partial charge < -0.3 is 10.1 Å². The van der Waals surface area contributed by atoms with Gasteiger partial charge in [-0.2, -0.15) is 23.4 Å². The molecule has 0 radical (unpaired) electrons. The van der Waals surface area contributed by atoms with E-state index in [1.54, 1.807) is 37.3 Å². The normalized spacial score (nSPS) is 14.1. The van der Waals surface area contributed by atoms with Gasteiger partial charge in [-0.25, -0.2) is 18.9 Å². The molecular weight excluding hydrogens is 602 g/mol. The number of alkyl halides is 3. The molecule has 1 aromatic heterocycles. The van der Waals surface area contributed by atoms with Gasteiger partial charge in [-0.05, 0) is 67.1 Å². The number of carbonyl (C=O) groups excluding carboxylic acids is 2. The van der Waals surface area contributed by atoms with Crippen molar-refractivity contribution in [3.63, 3.8) is 0 Å². The summed E-state index contributed by atoms with van der Waals surface area (Å²) in [5.41, 5.74) is 2.10. The lowest BCUT2D eigenvalue weighted by molar-refractivity contribution is -0.139. The molecule has 0 bridgehead atoms. The van der Waals surface area contributed by atoms with Crippen molar-refractivity contribution in [1.82, 2.24) is 14.8 Å². The number of nitriles is 1. The zero-order valence-corrected chi connectivity index (χ0v) is 23.6. The van der Waals surface area contributed by atoms with Crippen LogP contribution in [0, 0.1) is 24.1 Å². The van der Waals surface area contributed by atoms with Crippen molar-refractivity contribution in [2.75, 3.05) is 22.6 Å². The van der Waals surface area contributed by atoms with E-state index in [1.165, 1.54) is 35.3 Å². The zero-order chi connectivity index (χ0) is 31.4. The molecule has 1 N–H and O–H groups in total. The molecule has 3 aromatic carbocycles. The number of hydrogen-bond donors (Lipinski definition) is 1. The summed E-state index contributed by atoms with van der Waals surface area (Å²) in [5, 5.41) is 15.6. The van der Waals surface area contributed by atoms with E-state index in [9.17, 15) is 22.8 Å². The second-order valence-electron chi connectivity index (χ2n) is 9.39. The molecule has 1 aliphatic heterocycles. The lowest BCUT2D eigenvalue weighted by Gasteiger charge is -2.20. The number of aliphatic imine (C=N–C) groups is 1. The van der Waals surface area contributed by atoms with E-state index in [1.807, 2.05) is 6.07 Å². The van der Waals surface area contributed by atoms with Gasteiger partial charge in [0.2, 0.25) is 5.91 Å². The monoisotopic (exact) mass is 623 g/mol. The van der Waals surface area contributed by atoms with Gasteiger partial charge >= 0.3 is 12.2 Å². The molecule has 224 valence electrons. The molecule has 0 aliphatic carbocycles. The Morgan fingerprint density at radius 1 is 1.16 bits per heavy atom. The van der Waals surface area contributed by atoms with Gasteiger partial charge in [-0.1, -0.05) is 17.8 Å². The van der Waals surface area contributed by atoms with E-state index in [0.29, 0.717) is 22.4 Å². The molecule has 0 unspecified atom stereocenters. The number of amides is 3. The third kappa shape index (κ3) is 7.04. The largest absolute Gasteiger partial charge is 0.491 e. The van der Waals surface area contributed by atoms with Gasteiger partial charge in [-0.3, -0.25) is 9.69 Å². The minimum absolute atomic E-state index is 0.0145. The summed E-state index contributed by atoms with van der Waals surface area (Å²) in [7, 11) is 0. The minimum atomic E-state index is -4.42. The van der Waals surface area contributed by atoms with Gasteiger partial charge in [0.25, 0.3) is 0 Å². The average molecular weight is 624 g/mol. The fraction of sp³-hybridized carbons (Fsp3) is 0.172. The van der Waals surface area contributed by atoms with Gasteiger partial charge in [0.15, 0.2) is 11.0 Å². The van der Waals surface area contributed by atoms with Crippen LogP contribution in [0.15, 0.2) is 72.0 Å². The number of aromatic nitrogens is 3. The highest BCUT2D eigenvalue weighted by Crippen LogP contribution is 2.36. The highest BCUT2D eigenvalue weighted by Gasteiger charge is 2.33. The number of halogens is 4. The molecule has 5 rings (SSSR count). The Bertz CT molecular complexity index is 1800. The van der Waals surface area contributed by atoms with E-state index in [-0.39, 0.29) is 33.9 Å². The summed E-state index contributed by atoms with van der Waals surface area (Å²) >= 11 is 0.943. The van der Waals surface area contributed by atoms with Gasteiger partial charge in [0.05, 0.1) is 47.5 Å². The minimum Gasteiger partial charge on any atom is -0.491 e. The van der Waals surface area contributed by atoms with Crippen molar-refractivity contribution in [1.29, 1.82) is 5.26 Å². The number of benzene rings is 3. The van der Waals surface area contributed by atoms with Crippen LogP contribution in [0.25, 0.3) is 17.1 Å². The van der Waals surface area contributed by atoms with E-state index in [2.05, 4.69) is 20.4 Å². The molecule has 0 atom stereocenters. The van der Waals surface area contributed by atoms with Gasteiger partial charge in [-0.15, -0.1) is 5.10 Å². The third-order valence-electron chi connectivity index (χ3n) is 6.18. The number of rotatable bonds is 7. The quantitative estimate of drug-likeness (QED) is 0.241. The van der Waals surface area contributed by atoms with Crippen molar-refractivity contribution in [2.24, 2.45) is 4.99 Å². The van der Waals surface area contributed by atoms with Crippen LogP contribution in [0.2, 0.25) is 0 Å². The highest BCUT2D eigenvalue weighted by atomic mass is 32.2. The van der Waals surface area contributed by atoms with Crippen LogP contribution in [0.1, 0.15) is 17.5 Å². The second kappa shape index (κ2) is 12.6. The maximum atomic E-state index is 15.0. The predicted molar refractivity (Wildman–Crippen MR) is 155 cm³/mol. The van der Waals surface area contributed by atoms with Crippen LogP contribution >= 0.6 is 11.8 Å². The zero-order valence-electron chi connectivity index (χ0n) is 22.8. The summed E-state index contributed by atoms with van der Waals surface area (Å²) in [4.78, 5) is 34.7. The van der Waals surface area contributed by atoms with E-state index in [4.69, 9.17) is 10.00 Å². The Hall–Kier alpha value is -5.23. The number of hydrogen-bond acceptors (Lipinski definition) is 7. The number of carbonyl (C=O) groups is 2. The van der Waals surface area contributed by atoms with Gasteiger partial charge in [0.1, 0.15) is 17.9 Å². The van der Waals surface area contributed by atoms with Crippen molar-refractivity contribution in [3.8, 4) is 28.9 Å².